The van der Waals surface area contributed by atoms with Crippen LogP contribution in [0.25, 0.3) is 19.8 Å². The van der Waals surface area contributed by atoms with Gasteiger partial charge in [0.05, 0.1) is 15.4 Å². The summed E-state index contributed by atoms with van der Waals surface area (Å²) in [6.07, 6.45) is 0.908. The summed E-state index contributed by atoms with van der Waals surface area (Å²) < 4.78 is 0. The molecular weight excluding hydrogens is 296 g/mol. The molecule has 0 amide bonds. The number of anilines is 1. The molecule has 0 unspecified atom stereocenters. The molecule has 3 aromatic rings. The predicted molar refractivity (Wildman–Crippen MR) is 83.3 cm³/mol. The molecule has 0 aliphatic heterocycles. The number of aromatic nitrogens is 3. The van der Waals surface area contributed by atoms with E-state index in [1.54, 1.807) is 34.0 Å². The maximum absolute atomic E-state index is 4.73. The fourth-order valence-electron chi connectivity index (χ4n) is 1.68. The summed E-state index contributed by atoms with van der Waals surface area (Å²) in [5, 5.41) is 16.3. The molecule has 0 saturated heterocycles. The molecule has 0 aliphatic carbocycles. The van der Waals surface area contributed by atoms with E-state index in [9.17, 15) is 0 Å². The first-order valence-corrected chi connectivity index (χ1v) is 8.38. The van der Waals surface area contributed by atoms with Crippen molar-refractivity contribution in [2.24, 2.45) is 0 Å². The summed E-state index contributed by atoms with van der Waals surface area (Å²) in [6, 6.07) is 4.16. The lowest BCUT2D eigenvalue weighted by Crippen LogP contribution is -1.84. The molecule has 0 radical (unpaired) electrons. The number of hydrogen-bond donors (Lipinski definition) is 1. The topological polar surface area (TPSA) is 50.7 Å². The molecule has 19 heavy (non-hydrogen) atoms. The van der Waals surface area contributed by atoms with Crippen molar-refractivity contribution in [1.82, 2.24) is 15.2 Å². The number of thiazole rings is 1. The Balaban J connectivity index is 2.05. The van der Waals surface area contributed by atoms with Crippen molar-refractivity contribution < 1.29 is 0 Å². The highest BCUT2D eigenvalue weighted by atomic mass is 32.1. The van der Waals surface area contributed by atoms with Gasteiger partial charge in [0.2, 0.25) is 5.13 Å². The predicted octanol–water partition coefficient (Wildman–Crippen LogP) is 3.99. The van der Waals surface area contributed by atoms with Gasteiger partial charge in [0.1, 0.15) is 5.01 Å². The largest absolute Gasteiger partial charge is 0.363 e. The van der Waals surface area contributed by atoms with Crippen LogP contribution < -0.4 is 5.32 Å². The second-order valence-corrected chi connectivity index (χ2v) is 6.71. The number of nitrogens with zero attached hydrogens (tertiary/aromatic N) is 3. The molecule has 3 heterocycles. The summed E-state index contributed by atoms with van der Waals surface area (Å²) in [5.41, 5.74) is 1.10. The van der Waals surface area contributed by atoms with E-state index in [1.165, 1.54) is 4.88 Å². The van der Waals surface area contributed by atoms with Crippen LogP contribution in [-0.2, 0) is 6.42 Å². The standard InChI is InChI=1S/C12H12N4S3/c1-3-7-9(11-15-16-12(13-2)19-11)18-10(14-7)8-5-4-6-17-8/h4-6H,3H2,1-2H3,(H,13,16). The molecule has 0 atom stereocenters. The lowest BCUT2D eigenvalue weighted by Gasteiger charge is -1.92. The third-order valence-electron chi connectivity index (χ3n) is 2.60. The number of aryl methyl sites for hydroxylation is 1. The summed E-state index contributed by atoms with van der Waals surface area (Å²) in [4.78, 5) is 7.09. The van der Waals surface area contributed by atoms with Gasteiger partial charge in [-0.2, -0.15) is 0 Å². The second-order valence-electron chi connectivity index (χ2n) is 3.79. The van der Waals surface area contributed by atoms with Crippen molar-refractivity contribution in [3.05, 3.63) is 23.2 Å². The Kier molecular flexibility index (Phi) is 3.58. The summed E-state index contributed by atoms with van der Waals surface area (Å²) in [5.74, 6) is 0. The first-order chi connectivity index (χ1) is 9.31. The Morgan fingerprint density at radius 3 is 2.74 bits per heavy atom. The molecule has 3 rings (SSSR count). The van der Waals surface area contributed by atoms with Crippen LogP contribution in [0.1, 0.15) is 12.6 Å². The normalized spacial score (nSPS) is 10.8. The van der Waals surface area contributed by atoms with Gasteiger partial charge < -0.3 is 5.32 Å². The summed E-state index contributed by atoms with van der Waals surface area (Å²) in [7, 11) is 1.86. The molecule has 0 spiro atoms. The average Bonchev–Trinajstić information content (AvgIpc) is 3.16. The van der Waals surface area contributed by atoms with Gasteiger partial charge in [-0.3, -0.25) is 0 Å². The Hall–Kier alpha value is -1.31. The van der Waals surface area contributed by atoms with Crippen molar-refractivity contribution in [2.75, 3.05) is 12.4 Å². The molecule has 1 N–H and O–H groups in total. The van der Waals surface area contributed by atoms with E-state index in [0.717, 1.165) is 32.1 Å². The van der Waals surface area contributed by atoms with Crippen LogP contribution in [0.15, 0.2) is 17.5 Å². The van der Waals surface area contributed by atoms with Gasteiger partial charge in [-0.15, -0.1) is 32.9 Å². The maximum atomic E-state index is 4.73. The first-order valence-electron chi connectivity index (χ1n) is 5.87. The van der Waals surface area contributed by atoms with Crippen molar-refractivity contribution in [1.29, 1.82) is 0 Å². The minimum Gasteiger partial charge on any atom is -0.363 e. The third-order valence-corrected chi connectivity index (χ3v) is 5.83. The molecule has 0 aromatic carbocycles. The fraction of sp³-hybridized carbons (Fsp3) is 0.250. The Bertz CT molecular complexity index is 669. The summed E-state index contributed by atoms with van der Waals surface area (Å²) in [6.45, 7) is 2.12. The first kappa shape index (κ1) is 12.7. The zero-order chi connectivity index (χ0) is 13.2. The Morgan fingerprint density at radius 2 is 2.11 bits per heavy atom. The zero-order valence-corrected chi connectivity index (χ0v) is 13.0. The molecule has 0 fully saturated rings. The van der Waals surface area contributed by atoms with E-state index in [1.807, 2.05) is 7.05 Å². The second kappa shape index (κ2) is 5.36. The SMILES string of the molecule is CCc1nc(-c2cccs2)sc1-c1nnc(NC)s1. The van der Waals surface area contributed by atoms with Crippen molar-refractivity contribution in [3.63, 3.8) is 0 Å². The van der Waals surface area contributed by atoms with Gasteiger partial charge in [-0.25, -0.2) is 4.98 Å². The van der Waals surface area contributed by atoms with E-state index in [4.69, 9.17) is 4.98 Å². The van der Waals surface area contributed by atoms with E-state index in [-0.39, 0.29) is 0 Å². The van der Waals surface area contributed by atoms with Gasteiger partial charge in [-0.05, 0) is 17.9 Å². The highest BCUT2D eigenvalue weighted by molar-refractivity contribution is 7.26. The van der Waals surface area contributed by atoms with E-state index < -0.39 is 0 Å². The molecule has 7 heteroatoms. The quantitative estimate of drug-likeness (QED) is 0.791. The zero-order valence-electron chi connectivity index (χ0n) is 10.5. The Labute approximate surface area is 123 Å². The molecule has 3 aromatic heterocycles. The van der Waals surface area contributed by atoms with Gasteiger partial charge in [0.25, 0.3) is 0 Å². The Morgan fingerprint density at radius 1 is 1.21 bits per heavy atom. The maximum Gasteiger partial charge on any atom is 0.205 e. The lowest BCUT2D eigenvalue weighted by molar-refractivity contribution is 1.05. The smallest absolute Gasteiger partial charge is 0.205 e. The van der Waals surface area contributed by atoms with E-state index in [0.29, 0.717) is 0 Å². The van der Waals surface area contributed by atoms with Gasteiger partial charge >= 0.3 is 0 Å². The molecule has 98 valence electrons. The van der Waals surface area contributed by atoms with Crippen LogP contribution in [0, 0.1) is 0 Å². The molecule has 4 nitrogen and oxygen atoms in total. The number of nitrogens with one attached hydrogen (secondary N) is 1. The minimum atomic E-state index is 0.836. The van der Waals surface area contributed by atoms with Gasteiger partial charge in [-0.1, -0.05) is 24.3 Å². The van der Waals surface area contributed by atoms with Crippen molar-refractivity contribution in [3.8, 4) is 19.8 Å². The van der Waals surface area contributed by atoms with Crippen LogP contribution in [0.2, 0.25) is 0 Å². The van der Waals surface area contributed by atoms with Crippen LogP contribution in [0.5, 0.6) is 0 Å². The summed E-state index contributed by atoms with van der Waals surface area (Å²) >= 11 is 4.98. The number of rotatable bonds is 4. The average molecular weight is 308 g/mol. The minimum absolute atomic E-state index is 0.836. The van der Waals surface area contributed by atoms with Gasteiger partial charge in [0.15, 0.2) is 5.01 Å². The van der Waals surface area contributed by atoms with Crippen LogP contribution >= 0.6 is 34.0 Å². The lowest BCUT2D eigenvalue weighted by atomic mass is 10.3. The van der Waals surface area contributed by atoms with Crippen molar-refractivity contribution in [2.45, 2.75) is 13.3 Å². The molecule has 0 bridgehead atoms. The van der Waals surface area contributed by atoms with Crippen LogP contribution in [0.3, 0.4) is 0 Å². The number of hydrogen-bond acceptors (Lipinski definition) is 7. The molecule has 0 saturated carbocycles. The number of thiophene rings is 1. The van der Waals surface area contributed by atoms with E-state index in [2.05, 4.69) is 40.0 Å². The molecular formula is C12H12N4S3. The van der Waals surface area contributed by atoms with Crippen molar-refractivity contribution >= 4 is 39.1 Å². The molecule has 0 aliphatic rings. The third kappa shape index (κ3) is 2.41. The van der Waals surface area contributed by atoms with Gasteiger partial charge in [0, 0.05) is 7.05 Å². The highest BCUT2D eigenvalue weighted by Gasteiger charge is 2.17. The van der Waals surface area contributed by atoms with Crippen LogP contribution in [0.4, 0.5) is 5.13 Å². The monoisotopic (exact) mass is 308 g/mol. The van der Waals surface area contributed by atoms with E-state index >= 15 is 0 Å². The fourth-order valence-corrected chi connectivity index (χ4v) is 4.42. The van der Waals surface area contributed by atoms with Crippen LogP contribution in [-0.4, -0.2) is 22.2 Å². The highest BCUT2D eigenvalue weighted by Crippen LogP contribution is 2.39.